The van der Waals surface area contributed by atoms with Crippen molar-refractivity contribution in [1.29, 1.82) is 0 Å². The predicted molar refractivity (Wildman–Crippen MR) is 57.0 cm³/mol. The van der Waals surface area contributed by atoms with Gasteiger partial charge in [0.25, 0.3) is 0 Å². The molecule has 2 rings (SSSR count). The second kappa shape index (κ2) is 3.39. The lowest BCUT2D eigenvalue weighted by Crippen LogP contribution is -2.40. The molecular weight excluding hydrogens is 174 g/mol. The van der Waals surface area contributed by atoms with E-state index in [1.165, 1.54) is 18.5 Å². The maximum Gasteiger partial charge on any atom is 0.0925 e. The Hall–Kier alpha value is -0.830. The zero-order chi connectivity index (χ0) is 10.2. The molecule has 1 aliphatic carbocycles. The van der Waals surface area contributed by atoms with Gasteiger partial charge in [-0.05, 0) is 39.5 Å². The van der Waals surface area contributed by atoms with E-state index in [0.717, 1.165) is 18.2 Å². The van der Waals surface area contributed by atoms with E-state index in [9.17, 15) is 0 Å². The van der Waals surface area contributed by atoms with Gasteiger partial charge in [-0.1, -0.05) is 0 Å². The van der Waals surface area contributed by atoms with Crippen LogP contribution in [0.25, 0.3) is 0 Å². The Kier molecular flexibility index (Phi) is 2.35. The molecule has 78 valence electrons. The predicted octanol–water partition coefficient (Wildman–Crippen LogP) is 2.00. The summed E-state index contributed by atoms with van der Waals surface area (Å²) in [7, 11) is 0. The summed E-state index contributed by atoms with van der Waals surface area (Å²) in [6, 6.07) is 0. The molecule has 1 aliphatic rings. The minimum Gasteiger partial charge on any atom is -0.348 e. The van der Waals surface area contributed by atoms with Crippen LogP contribution in [0.15, 0.2) is 6.33 Å². The number of hydrogen-bond acceptors (Lipinski definition) is 2. The van der Waals surface area contributed by atoms with Crippen LogP contribution in [-0.2, 0) is 6.54 Å². The number of nitrogens with zero attached hydrogens (tertiary/aromatic N) is 1. The van der Waals surface area contributed by atoms with Crippen molar-refractivity contribution in [3.8, 4) is 0 Å². The highest BCUT2D eigenvalue weighted by atomic mass is 15.0. The Morgan fingerprint density at radius 2 is 2.29 bits per heavy atom. The minimum absolute atomic E-state index is 0.269. The topological polar surface area (TPSA) is 40.7 Å². The van der Waals surface area contributed by atoms with E-state index in [2.05, 4.69) is 36.1 Å². The van der Waals surface area contributed by atoms with Crippen LogP contribution in [0.4, 0.5) is 0 Å². The van der Waals surface area contributed by atoms with E-state index in [1.807, 2.05) is 0 Å². The van der Waals surface area contributed by atoms with Gasteiger partial charge < -0.3 is 10.3 Å². The summed E-state index contributed by atoms with van der Waals surface area (Å²) in [5.41, 5.74) is 2.58. The average molecular weight is 193 g/mol. The molecule has 1 heterocycles. The Morgan fingerprint density at radius 3 is 2.79 bits per heavy atom. The van der Waals surface area contributed by atoms with E-state index in [0.29, 0.717) is 0 Å². The second-order valence-corrected chi connectivity index (χ2v) is 4.82. The Bertz CT molecular complexity index is 310. The fraction of sp³-hybridized carbons (Fsp3) is 0.727. The van der Waals surface area contributed by atoms with Gasteiger partial charge in [-0.15, -0.1) is 0 Å². The summed E-state index contributed by atoms with van der Waals surface area (Å²) in [5.74, 6) is 0.863. The normalized spacial score (nSPS) is 17.4. The summed E-state index contributed by atoms with van der Waals surface area (Å²) in [5, 5.41) is 3.58. The first-order chi connectivity index (χ1) is 6.59. The molecule has 0 atom stereocenters. The van der Waals surface area contributed by atoms with Crippen molar-refractivity contribution in [2.45, 2.75) is 45.7 Å². The SMILES string of the molecule is Cc1[nH]cnc1CNC(C)(C)C1CC1. The van der Waals surface area contributed by atoms with E-state index in [1.54, 1.807) is 6.33 Å². The molecule has 0 unspecified atom stereocenters. The van der Waals surface area contributed by atoms with Gasteiger partial charge in [0.1, 0.15) is 0 Å². The second-order valence-electron chi connectivity index (χ2n) is 4.82. The van der Waals surface area contributed by atoms with Crippen LogP contribution in [0.1, 0.15) is 38.1 Å². The molecule has 0 bridgehead atoms. The molecular formula is C11H19N3. The van der Waals surface area contributed by atoms with Gasteiger partial charge in [-0.3, -0.25) is 0 Å². The molecule has 0 aromatic carbocycles. The first-order valence-electron chi connectivity index (χ1n) is 5.33. The minimum atomic E-state index is 0.269. The largest absolute Gasteiger partial charge is 0.348 e. The molecule has 0 aliphatic heterocycles. The molecule has 0 radical (unpaired) electrons. The van der Waals surface area contributed by atoms with Crippen LogP contribution in [0.5, 0.6) is 0 Å². The summed E-state index contributed by atoms with van der Waals surface area (Å²) >= 11 is 0. The van der Waals surface area contributed by atoms with Crippen molar-refractivity contribution in [2.24, 2.45) is 5.92 Å². The monoisotopic (exact) mass is 193 g/mol. The van der Waals surface area contributed by atoms with Gasteiger partial charge in [-0.2, -0.15) is 0 Å². The quantitative estimate of drug-likeness (QED) is 0.768. The lowest BCUT2D eigenvalue weighted by Gasteiger charge is -2.25. The number of hydrogen-bond donors (Lipinski definition) is 2. The molecule has 0 amide bonds. The van der Waals surface area contributed by atoms with Crippen LogP contribution >= 0.6 is 0 Å². The highest BCUT2D eigenvalue weighted by Crippen LogP contribution is 2.39. The Labute approximate surface area is 85.3 Å². The average Bonchev–Trinajstić information content (AvgIpc) is 2.89. The molecule has 2 N–H and O–H groups in total. The van der Waals surface area contributed by atoms with Gasteiger partial charge in [0.05, 0.1) is 12.0 Å². The highest BCUT2D eigenvalue weighted by molar-refractivity contribution is 5.09. The summed E-state index contributed by atoms with van der Waals surface area (Å²) in [6.45, 7) is 7.51. The maximum atomic E-state index is 4.28. The van der Waals surface area contributed by atoms with Crippen molar-refractivity contribution in [3.63, 3.8) is 0 Å². The molecule has 3 nitrogen and oxygen atoms in total. The first kappa shape index (κ1) is 9.71. The van der Waals surface area contributed by atoms with Gasteiger partial charge in [0.2, 0.25) is 0 Å². The van der Waals surface area contributed by atoms with E-state index in [4.69, 9.17) is 0 Å². The van der Waals surface area contributed by atoms with Crippen LogP contribution in [0.3, 0.4) is 0 Å². The zero-order valence-corrected chi connectivity index (χ0v) is 9.22. The van der Waals surface area contributed by atoms with Gasteiger partial charge in [0, 0.05) is 17.8 Å². The first-order valence-corrected chi connectivity index (χ1v) is 5.33. The lowest BCUT2D eigenvalue weighted by molar-refractivity contribution is 0.337. The van der Waals surface area contributed by atoms with Crippen molar-refractivity contribution in [3.05, 3.63) is 17.7 Å². The molecule has 0 spiro atoms. The number of aromatic nitrogens is 2. The van der Waals surface area contributed by atoms with Crippen molar-refractivity contribution in [1.82, 2.24) is 15.3 Å². The van der Waals surface area contributed by atoms with Crippen molar-refractivity contribution in [2.75, 3.05) is 0 Å². The molecule has 3 heteroatoms. The van der Waals surface area contributed by atoms with Crippen LogP contribution in [0, 0.1) is 12.8 Å². The molecule has 1 aromatic heterocycles. The smallest absolute Gasteiger partial charge is 0.0925 e. The summed E-state index contributed by atoms with van der Waals surface area (Å²) < 4.78 is 0. The van der Waals surface area contributed by atoms with E-state index >= 15 is 0 Å². The molecule has 1 fully saturated rings. The van der Waals surface area contributed by atoms with Crippen molar-refractivity contribution < 1.29 is 0 Å². The Balaban J connectivity index is 1.90. The molecule has 0 saturated heterocycles. The summed E-state index contributed by atoms with van der Waals surface area (Å²) in [6.07, 6.45) is 4.51. The Morgan fingerprint density at radius 1 is 1.57 bits per heavy atom. The van der Waals surface area contributed by atoms with Gasteiger partial charge >= 0.3 is 0 Å². The fourth-order valence-corrected chi connectivity index (χ4v) is 1.83. The van der Waals surface area contributed by atoms with Gasteiger partial charge in [0.15, 0.2) is 0 Å². The third kappa shape index (κ3) is 1.98. The summed E-state index contributed by atoms with van der Waals surface area (Å²) in [4.78, 5) is 7.38. The van der Waals surface area contributed by atoms with Crippen molar-refractivity contribution >= 4 is 0 Å². The number of aryl methyl sites for hydroxylation is 1. The maximum absolute atomic E-state index is 4.28. The standard InChI is InChI=1S/C11H19N3/c1-8-10(13-7-12-8)6-14-11(2,3)9-4-5-9/h7,9,14H,4-6H2,1-3H3,(H,12,13). The number of H-pyrrole nitrogens is 1. The van der Waals surface area contributed by atoms with Crippen LogP contribution in [-0.4, -0.2) is 15.5 Å². The van der Waals surface area contributed by atoms with E-state index in [-0.39, 0.29) is 5.54 Å². The van der Waals surface area contributed by atoms with Gasteiger partial charge in [-0.25, -0.2) is 4.98 Å². The number of aromatic amines is 1. The number of imidazole rings is 1. The molecule has 14 heavy (non-hydrogen) atoms. The number of nitrogens with one attached hydrogen (secondary N) is 2. The third-order valence-electron chi connectivity index (χ3n) is 3.24. The fourth-order valence-electron chi connectivity index (χ4n) is 1.83. The lowest BCUT2D eigenvalue weighted by atomic mass is 9.99. The van der Waals surface area contributed by atoms with Crippen LogP contribution in [0.2, 0.25) is 0 Å². The number of rotatable bonds is 4. The zero-order valence-electron chi connectivity index (χ0n) is 9.22. The van der Waals surface area contributed by atoms with E-state index < -0.39 is 0 Å². The third-order valence-corrected chi connectivity index (χ3v) is 3.24. The molecule has 1 aromatic rings. The van der Waals surface area contributed by atoms with Crippen LogP contribution < -0.4 is 5.32 Å². The molecule has 1 saturated carbocycles. The highest BCUT2D eigenvalue weighted by Gasteiger charge is 2.37.